The first-order valence-electron chi connectivity index (χ1n) is 10.3. The Morgan fingerprint density at radius 1 is 1.19 bits per heavy atom. The maximum Gasteiger partial charge on any atom is 0.397 e. The first kappa shape index (κ1) is 24.0. The number of halogens is 2. The zero-order valence-electron chi connectivity index (χ0n) is 17.6. The van der Waals surface area contributed by atoms with Crippen molar-refractivity contribution in [1.29, 1.82) is 0 Å². The molecular weight excluding hydrogens is 492 g/mol. The van der Waals surface area contributed by atoms with Crippen LogP contribution in [0.5, 0.6) is 0 Å². The summed E-state index contributed by atoms with van der Waals surface area (Å²) in [5, 5.41) is 16.6. The van der Waals surface area contributed by atoms with Crippen LogP contribution in [0.15, 0.2) is 72.1 Å². The molecule has 2 atom stereocenters. The van der Waals surface area contributed by atoms with E-state index in [9.17, 15) is 5.11 Å². The fourth-order valence-electron chi connectivity index (χ4n) is 4.20. The topological polar surface area (TPSA) is 89.0 Å². The van der Waals surface area contributed by atoms with Crippen molar-refractivity contribution >= 4 is 17.5 Å². The van der Waals surface area contributed by atoms with E-state index in [0.717, 1.165) is 29.5 Å². The fraction of sp³-hybridized carbons (Fsp3) is 0.304. The van der Waals surface area contributed by atoms with Crippen molar-refractivity contribution < 1.29 is 26.7 Å². The molecule has 9 heteroatoms. The van der Waals surface area contributed by atoms with Crippen molar-refractivity contribution in [2.75, 3.05) is 18.0 Å². The minimum Gasteiger partial charge on any atom is -1.00 e. The van der Waals surface area contributed by atoms with Gasteiger partial charge in [-0.1, -0.05) is 63.7 Å². The lowest BCUT2D eigenvalue weighted by Gasteiger charge is -2.33. The largest absolute Gasteiger partial charge is 1.00 e. The highest BCUT2D eigenvalue weighted by atomic mass is 79.9. The minimum atomic E-state index is -1.36. The highest BCUT2D eigenvalue weighted by molar-refractivity contribution is 6.30. The molecule has 3 aromatic rings. The van der Waals surface area contributed by atoms with Gasteiger partial charge in [-0.3, -0.25) is 0 Å². The van der Waals surface area contributed by atoms with E-state index in [0.29, 0.717) is 24.1 Å². The van der Waals surface area contributed by atoms with Crippen LogP contribution in [-0.4, -0.2) is 23.2 Å². The lowest BCUT2D eigenvalue weighted by atomic mass is 9.89. The molecule has 1 N–H and O–H groups in total. The molecule has 1 aliphatic rings. The Kier molecular flexibility index (Phi) is 7.74. The normalized spacial score (nSPS) is 19.1. The second-order valence-corrected chi connectivity index (χ2v) is 8.12. The number of azide groups is 1. The number of anilines is 1. The molecule has 166 valence electrons. The molecule has 0 spiro atoms. The monoisotopic (exact) mass is 514 g/mol. The lowest BCUT2D eigenvalue weighted by molar-refractivity contribution is -0.703. The van der Waals surface area contributed by atoms with E-state index in [1.165, 1.54) is 0 Å². The van der Waals surface area contributed by atoms with Gasteiger partial charge in [-0.15, -0.1) is 0 Å². The van der Waals surface area contributed by atoms with Crippen molar-refractivity contribution in [1.82, 2.24) is 4.98 Å². The Bertz CT molecular complexity index is 1100. The van der Waals surface area contributed by atoms with Gasteiger partial charge in [-0.05, 0) is 43.0 Å². The molecule has 2 aromatic carbocycles. The van der Waals surface area contributed by atoms with Crippen LogP contribution in [0.25, 0.3) is 10.4 Å². The molecule has 7 nitrogen and oxygen atoms in total. The number of unbranched alkanes of at least 4 members (excludes halogenated alkanes) is 1. The van der Waals surface area contributed by atoms with Crippen molar-refractivity contribution in [2.24, 2.45) is 5.11 Å². The van der Waals surface area contributed by atoms with Gasteiger partial charge in [-0.2, -0.15) is 0 Å². The molecule has 0 bridgehead atoms. The lowest BCUT2D eigenvalue weighted by Crippen LogP contribution is -3.00. The molecule has 0 radical (unpaired) electrons. The van der Waals surface area contributed by atoms with Gasteiger partial charge in [0, 0.05) is 28.1 Å². The molecule has 0 saturated heterocycles. The SMILES string of the molecule is Cc1ccc(C2[n+]3cccnc3N(CCCCN=[N+]=[N-])C2(O)c2ccc(Cl)cc2)cc1.[Br-]. The first-order chi connectivity index (χ1) is 15.1. The van der Waals surface area contributed by atoms with Crippen LogP contribution in [-0.2, 0) is 5.72 Å². The smallest absolute Gasteiger partial charge is 0.397 e. The molecule has 1 aliphatic heterocycles. The number of rotatable bonds is 7. The maximum atomic E-state index is 12.4. The van der Waals surface area contributed by atoms with Crippen molar-refractivity contribution in [3.63, 3.8) is 0 Å². The Morgan fingerprint density at radius 3 is 2.59 bits per heavy atom. The summed E-state index contributed by atoms with van der Waals surface area (Å²) in [7, 11) is 0. The number of aryl methyl sites for hydroxylation is 1. The summed E-state index contributed by atoms with van der Waals surface area (Å²) in [5.74, 6) is 0.689. The van der Waals surface area contributed by atoms with Gasteiger partial charge in [0.1, 0.15) is 6.20 Å². The fourth-order valence-corrected chi connectivity index (χ4v) is 4.32. The average Bonchev–Trinajstić information content (AvgIpc) is 3.03. The van der Waals surface area contributed by atoms with E-state index >= 15 is 0 Å². The summed E-state index contributed by atoms with van der Waals surface area (Å²) in [6.07, 6.45) is 5.15. The predicted molar refractivity (Wildman–Crippen MR) is 120 cm³/mol. The van der Waals surface area contributed by atoms with Gasteiger partial charge in [-0.25, -0.2) is 9.47 Å². The summed E-state index contributed by atoms with van der Waals surface area (Å²) >= 11 is 6.14. The number of nitrogens with zero attached hydrogens (tertiary/aromatic N) is 6. The zero-order valence-corrected chi connectivity index (χ0v) is 20.0. The molecular formula is C23H24BrClN6O. The van der Waals surface area contributed by atoms with Gasteiger partial charge in [0.2, 0.25) is 0 Å². The summed E-state index contributed by atoms with van der Waals surface area (Å²) in [4.78, 5) is 9.37. The van der Waals surface area contributed by atoms with Crippen LogP contribution < -0.4 is 26.4 Å². The highest BCUT2D eigenvalue weighted by Crippen LogP contribution is 2.44. The highest BCUT2D eigenvalue weighted by Gasteiger charge is 2.59. The van der Waals surface area contributed by atoms with E-state index in [2.05, 4.69) is 39.3 Å². The molecule has 32 heavy (non-hydrogen) atoms. The zero-order chi connectivity index (χ0) is 21.8. The van der Waals surface area contributed by atoms with Gasteiger partial charge in [0.05, 0.1) is 12.7 Å². The molecule has 2 unspecified atom stereocenters. The van der Waals surface area contributed by atoms with Gasteiger partial charge < -0.3 is 22.1 Å². The van der Waals surface area contributed by atoms with Gasteiger partial charge in [0.15, 0.2) is 6.04 Å². The van der Waals surface area contributed by atoms with Crippen LogP contribution in [0.3, 0.4) is 0 Å². The summed E-state index contributed by atoms with van der Waals surface area (Å²) in [6, 6.07) is 17.0. The van der Waals surface area contributed by atoms with Crippen molar-refractivity contribution in [2.45, 2.75) is 31.5 Å². The minimum absolute atomic E-state index is 0. The Morgan fingerprint density at radius 2 is 1.91 bits per heavy atom. The van der Waals surface area contributed by atoms with E-state index < -0.39 is 11.8 Å². The molecule has 0 aliphatic carbocycles. The Labute approximate surface area is 202 Å². The van der Waals surface area contributed by atoms with E-state index in [1.54, 1.807) is 18.3 Å². The quantitative estimate of drug-likeness (QED) is 0.171. The number of hydrogen-bond donors (Lipinski definition) is 1. The first-order valence-corrected chi connectivity index (χ1v) is 10.6. The second kappa shape index (κ2) is 10.3. The third-order valence-electron chi connectivity index (χ3n) is 5.68. The standard InChI is InChI=1S/C23H24ClN6O.BrH/c1-17-5-7-18(8-6-17)21-23(31,19-9-11-20(24)12-10-19)30(16-3-2-14-27-28-25)22-26-13-4-15-29(21)22;/h4-13,15,21,31H,2-3,14,16H2,1H3;1H/q+1;/p-1. The number of hydrogen-bond acceptors (Lipinski definition) is 4. The number of aliphatic hydroxyl groups is 1. The van der Waals surface area contributed by atoms with Gasteiger partial charge in [0.25, 0.3) is 5.72 Å². The van der Waals surface area contributed by atoms with Crippen molar-refractivity contribution in [3.8, 4) is 0 Å². The molecule has 0 amide bonds. The van der Waals surface area contributed by atoms with Crippen molar-refractivity contribution in [3.05, 3.63) is 99.1 Å². The Hall–Kier alpha value is -2.64. The molecule has 4 rings (SSSR count). The summed E-state index contributed by atoms with van der Waals surface area (Å²) in [6.45, 7) is 3.02. The molecule has 0 saturated carbocycles. The van der Waals surface area contributed by atoms with Crippen LogP contribution in [0.1, 0.15) is 35.6 Å². The van der Waals surface area contributed by atoms with E-state index in [-0.39, 0.29) is 17.0 Å². The molecule has 1 aromatic heterocycles. The summed E-state index contributed by atoms with van der Waals surface area (Å²) in [5.41, 5.74) is 10.0. The number of benzene rings is 2. The number of aromatic nitrogens is 2. The Balaban J connectivity index is 0.00000289. The maximum absolute atomic E-state index is 12.4. The third kappa shape index (κ3) is 4.45. The van der Waals surface area contributed by atoms with E-state index in [1.807, 2.05) is 40.8 Å². The van der Waals surface area contributed by atoms with Crippen LogP contribution in [0.4, 0.5) is 5.95 Å². The molecule has 0 fully saturated rings. The van der Waals surface area contributed by atoms with Gasteiger partial charge >= 0.3 is 5.95 Å². The predicted octanol–water partition coefficient (Wildman–Crippen LogP) is 1.68. The van der Waals surface area contributed by atoms with Crippen LogP contribution >= 0.6 is 11.6 Å². The molecule has 2 heterocycles. The van der Waals surface area contributed by atoms with Crippen LogP contribution in [0.2, 0.25) is 5.02 Å². The van der Waals surface area contributed by atoms with Crippen LogP contribution in [0, 0.1) is 6.92 Å². The third-order valence-corrected chi connectivity index (χ3v) is 5.93. The average molecular weight is 516 g/mol. The van der Waals surface area contributed by atoms with E-state index in [4.69, 9.17) is 17.1 Å². The second-order valence-electron chi connectivity index (χ2n) is 7.69. The summed E-state index contributed by atoms with van der Waals surface area (Å²) < 4.78 is 2.02. The number of fused-ring (bicyclic) bond motifs is 1.